The number of hydrogen-bond acceptors (Lipinski definition) is 4. The zero-order valence-corrected chi connectivity index (χ0v) is 15.0. The van der Waals surface area contributed by atoms with Crippen molar-refractivity contribution in [1.82, 2.24) is 10.3 Å². The van der Waals surface area contributed by atoms with E-state index >= 15 is 0 Å². The number of halogens is 3. The van der Waals surface area contributed by atoms with Gasteiger partial charge in [0.25, 0.3) is 0 Å². The second-order valence-corrected chi connectivity index (χ2v) is 6.69. The Hall–Kier alpha value is -3.20. The maximum atomic E-state index is 13.9. The monoisotopic (exact) mass is 406 g/mol. The number of nitrogens with zero attached hydrogens (tertiary/aromatic N) is 1. The fourth-order valence-corrected chi connectivity index (χ4v) is 3.34. The van der Waals surface area contributed by atoms with Gasteiger partial charge in [-0.05, 0) is 18.2 Å². The first kappa shape index (κ1) is 19.6. The number of thiazole rings is 1. The van der Waals surface area contributed by atoms with E-state index in [2.05, 4.69) is 10.3 Å². The van der Waals surface area contributed by atoms with Gasteiger partial charge in [0.1, 0.15) is 22.5 Å². The predicted molar refractivity (Wildman–Crippen MR) is 96.1 cm³/mol. The van der Waals surface area contributed by atoms with Crippen molar-refractivity contribution in [3.63, 3.8) is 0 Å². The maximum Gasteiger partial charge on any atom is 0.331 e. The van der Waals surface area contributed by atoms with Gasteiger partial charge in [0, 0.05) is 22.6 Å². The summed E-state index contributed by atoms with van der Waals surface area (Å²) in [5.41, 5.74) is 0.542. The average Bonchev–Trinajstić information content (AvgIpc) is 3.08. The van der Waals surface area contributed by atoms with Gasteiger partial charge in [-0.2, -0.15) is 0 Å². The molecule has 2 aromatic carbocycles. The van der Waals surface area contributed by atoms with Gasteiger partial charge < -0.3 is 10.4 Å². The number of aromatic nitrogens is 1. The molecule has 0 spiro atoms. The molecule has 0 aliphatic carbocycles. The number of amides is 1. The Morgan fingerprint density at radius 3 is 2.54 bits per heavy atom. The summed E-state index contributed by atoms with van der Waals surface area (Å²) < 4.78 is 40.2. The van der Waals surface area contributed by atoms with Gasteiger partial charge in [-0.3, -0.25) is 4.79 Å². The lowest BCUT2D eigenvalue weighted by Crippen LogP contribution is -2.35. The molecule has 0 bridgehead atoms. The van der Waals surface area contributed by atoms with Crippen LogP contribution in [-0.4, -0.2) is 22.0 Å². The molecule has 0 aliphatic rings. The second kappa shape index (κ2) is 8.22. The summed E-state index contributed by atoms with van der Waals surface area (Å²) in [4.78, 5) is 27.9. The summed E-state index contributed by atoms with van der Waals surface area (Å²) >= 11 is 1.20. The third-order valence-corrected chi connectivity index (χ3v) is 4.73. The molecule has 5 nitrogen and oxygen atoms in total. The zero-order chi connectivity index (χ0) is 20.3. The average molecular weight is 406 g/mol. The highest BCUT2D eigenvalue weighted by Gasteiger charge is 2.25. The largest absolute Gasteiger partial charge is 0.479 e. The summed E-state index contributed by atoms with van der Waals surface area (Å²) in [5, 5.41) is 13.6. The van der Waals surface area contributed by atoms with Crippen molar-refractivity contribution in [2.24, 2.45) is 0 Å². The number of benzene rings is 2. The summed E-state index contributed by atoms with van der Waals surface area (Å²) in [6.07, 6.45) is -0.252. The van der Waals surface area contributed by atoms with Crippen LogP contribution in [0.2, 0.25) is 0 Å². The van der Waals surface area contributed by atoms with E-state index in [0.29, 0.717) is 22.3 Å². The van der Waals surface area contributed by atoms with Gasteiger partial charge in [-0.15, -0.1) is 11.3 Å². The highest BCUT2D eigenvalue weighted by Crippen LogP contribution is 2.25. The highest BCUT2D eigenvalue weighted by atomic mass is 32.1. The van der Waals surface area contributed by atoms with E-state index < -0.39 is 35.4 Å². The molecular formula is C19H13F3N2O3S. The van der Waals surface area contributed by atoms with Crippen LogP contribution >= 0.6 is 11.3 Å². The van der Waals surface area contributed by atoms with Gasteiger partial charge in [-0.1, -0.05) is 18.2 Å². The van der Waals surface area contributed by atoms with Crippen molar-refractivity contribution in [3.05, 3.63) is 76.6 Å². The van der Waals surface area contributed by atoms with Crippen molar-refractivity contribution >= 4 is 23.2 Å². The Morgan fingerprint density at radius 1 is 1.11 bits per heavy atom. The topological polar surface area (TPSA) is 79.3 Å². The fraction of sp³-hybridized carbons (Fsp3) is 0.105. The third-order valence-electron chi connectivity index (χ3n) is 3.79. The number of nitrogens with one attached hydrogen (secondary N) is 1. The van der Waals surface area contributed by atoms with E-state index in [1.165, 1.54) is 29.5 Å². The van der Waals surface area contributed by atoms with E-state index in [9.17, 15) is 27.9 Å². The lowest BCUT2D eigenvalue weighted by molar-refractivity contribution is -0.142. The van der Waals surface area contributed by atoms with Crippen LogP contribution in [0.15, 0.2) is 47.8 Å². The molecular weight excluding hydrogens is 393 g/mol. The van der Waals surface area contributed by atoms with Crippen LogP contribution in [0.3, 0.4) is 0 Å². The lowest BCUT2D eigenvalue weighted by Gasteiger charge is -2.15. The molecule has 144 valence electrons. The first-order chi connectivity index (χ1) is 13.3. The molecule has 1 aromatic heterocycles. The lowest BCUT2D eigenvalue weighted by atomic mass is 10.1. The highest BCUT2D eigenvalue weighted by molar-refractivity contribution is 7.13. The zero-order valence-electron chi connectivity index (χ0n) is 14.2. The van der Waals surface area contributed by atoms with Crippen LogP contribution in [0.5, 0.6) is 0 Å². The molecule has 1 unspecified atom stereocenters. The number of rotatable bonds is 6. The Balaban J connectivity index is 1.73. The Bertz CT molecular complexity index is 1040. The smallest absolute Gasteiger partial charge is 0.331 e. The third kappa shape index (κ3) is 4.55. The normalized spacial score (nSPS) is 11.8. The van der Waals surface area contributed by atoms with Crippen LogP contribution in [0.25, 0.3) is 10.6 Å². The number of carboxylic acid groups (broad SMARTS) is 1. The Kier molecular flexibility index (Phi) is 5.74. The molecule has 1 heterocycles. The number of carbonyl (C=O) groups excluding carboxylic acids is 1. The summed E-state index contributed by atoms with van der Waals surface area (Å²) in [7, 11) is 0. The van der Waals surface area contributed by atoms with E-state index in [1.54, 1.807) is 11.4 Å². The predicted octanol–water partition coefficient (Wildman–Crippen LogP) is 3.71. The molecule has 1 amide bonds. The molecule has 0 aliphatic heterocycles. The van der Waals surface area contributed by atoms with Crippen molar-refractivity contribution in [3.8, 4) is 10.6 Å². The van der Waals surface area contributed by atoms with Gasteiger partial charge >= 0.3 is 5.97 Å². The number of aliphatic carboxylic acids is 1. The van der Waals surface area contributed by atoms with E-state index in [1.807, 2.05) is 0 Å². The second-order valence-electron chi connectivity index (χ2n) is 5.84. The van der Waals surface area contributed by atoms with Crippen LogP contribution in [0.1, 0.15) is 17.3 Å². The van der Waals surface area contributed by atoms with E-state index in [0.717, 1.165) is 12.1 Å². The van der Waals surface area contributed by atoms with E-state index in [-0.39, 0.29) is 12.0 Å². The molecule has 0 saturated heterocycles. The molecule has 9 heteroatoms. The number of carboxylic acids is 1. The SMILES string of the molecule is O=C(Cc1csc(-c2cccc(F)c2)n1)NC(C(=O)O)c1ccc(F)cc1F. The van der Waals surface area contributed by atoms with Crippen molar-refractivity contribution in [1.29, 1.82) is 0 Å². The minimum Gasteiger partial charge on any atom is -0.479 e. The van der Waals surface area contributed by atoms with Gasteiger partial charge in [0.2, 0.25) is 5.91 Å². The molecule has 28 heavy (non-hydrogen) atoms. The number of hydrogen-bond donors (Lipinski definition) is 2. The standard InChI is InChI=1S/C19H13F3N2O3S/c20-11-3-1-2-10(6-11)18-23-13(9-28-18)8-16(25)24-17(19(26)27)14-5-4-12(21)7-15(14)22/h1-7,9,17H,8H2,(H,24,25)(H,26,27). The van der Waals surface area contributed by atoms with E-state index in [4.69, 9.17) is 0 Å². The van der Waals surface area contributed by atoms with Gasteiger partial charge in [-0.25, -0.2) is 22.9 Å². The summed E-state index contributed by atoms with van der Waals surface area (Å²) in [6.45, 7) is 0. The minimum absolute atomic E-state index is 0.252. The van der Waals surface area contributed by atoms with Crippen molar-refractivity contribution in [2.75, 3.05) is 0 Å². The first-order valence-electron chi connectivity index (χ1n) is 8.01. The Labute approximate surface area is 161 Å². The van der Waals surface area contributed by atoms with Crippen LogP contribution in [0.4, 0.5) is 13.2 Å². The van der Waals surface area contributed by atoms with Crippen LogP contribution in [0, 0.1) is 17.5 Å². The maximum absolute atomic E-state index is 13.9. The van der Waals surface area contributed by atoms with Crippen molar-refractivity contribution in [2.45, 2.75) is 12.5 Å². The molecule has 3 rings (SSSR count). The van der Waals surface area contributed by atoms with Crippen LogP contribution in [-0.2, 0) is 16.0 Å². The molecule has 3 aromatic rings. The molecule has 0 saturated carbocycles. The molecule has 2 N–H and O–H groups in total. The molecule has 0 fully saturated rings. The van der Waals surface area contributed by atoms with Crippen LogP contribution < -0.4 is 5.32 Å². The van der Waals surface area contributed by atoms with Gasteiger partial charge in [0.15, 0.2) is 6.04 Å². The molecule has 0 radical (unpaired) electrons. The van der Waals surface area contributed by atoms with Gasteiger partial charge in [0.05, 0.1) is 12.1 Å². The quantitative estimate of drug-likeness (QED) is 0.654. The van der Waals surface area contributed by atoms with Crippen molar-refractivity contribution < 1.29 is 27.9 Å². The minimum atomic E-state index is -1.67. The summed E-state index contributed by atoms with van der Waals surface area (Å²) in [6, 6.07) is 6.56. The Morgan fingerprint density at radius 2 is 1.86 bits per heavy atom. The fourth-order valence-electron chi connectivity index (χ4n) is 2.53. The molecule has 1 atom stereocenters. The number of carbonyl (C=O) groups is 2. The summed E-state index contributed by atoms with van der Waals surface area (Å²) in [5.74, 6) is -4.54. The first-order valence-corrected chi connectivity index (χ1v) is 8.89.